The Kier molecular flexibility index (Phi) is 3.89. The van der Waals surface area contributed by atoms with E-state index in [4.69, 9.17) is 5.73 Å². The zero-order valence-electron chi connectivity index (χ0n) is 8.34. The number of hydrogen-bond acceptors (Lipinski definition) is 2. The van der Waals surface area contributed by atoms with Gasteiger partial charge in [0.15, 0.2) is 0 Å². The third kappa shape index (κ3) is 3.54. The third-order valence-electron chi connectivity index (χ3n) is 1.85. The summed E-state index contributed by atoms with van der Waals surface area (Å²) < 4.78 is 37.0. The molecule has 1 aromatic carbocycles. The van der Waals surface area contributed by atoms with Crippen molar-refractivity contribution in [2.24, 2.45) is 5.73 Å². The van der Waals surface area contributed by atoms with Gasteiger partial charge in [0.1, 0.15) is 0 Å². The number of carbonyl (C=O) groups excluding carboxylic acids is 1. The van der Waals surface area contributed by atoms with E-state index in [0.717, 1.165) is 12.1 Å². The fourth-order valence-electron chi connectivity index (χ4n) is 1.13. The van der Waals surface area contributed by atoms with Crippen molar-refractivity contribution in [3.8, 4) is 0 Å². The minimum Gasteiger partial charge on any atom is -0.330 e. The molecule has 0 aliphatic rings. The molecule has 0 saturated heterocycles. The summed E-state index contributed by atoms with van der Waals surface area (Å²) in [5, 5.41) is 2.34. The summed E-state index contributed by atoms with van der Waals surface area (Å²) in [5.41, 5.74) is 4.47. The van der Waals surface area contributed by atoms with Gasteiger partial charge < -0.3 is 11.1 Å². The van der Waals surface area contributed by atoms with Gasteiger partial charge in [-0.25, -0.2) is 0 Å². The van der Waals surface area contributed by atoms with Crippen LogP contribution in [0.1, 0.15) is 12.0 Å². The highest BCUT2D eigenvalue weighted by Crippen LogP contribution is 2.30. The molecule has 0 fully saturated rings. The molecular formula is C10H11F3N2O. The van der Waals surface area contributed by atoms with Crippen molar-refractivity contribution in [1.82, 2.24) is 0 Å². The van der Waals surface area contributed by atoms with Crippen LogP contribution in [0.15, 0.2) is 24.3 Å². The molecule has 0 unspecified atom stereocenters. The van der Waals surface area contributed by atoms with E-state index in [9.17, 15) is 18.0 Å². The van der Waals surface area contributed by atoms with Gasteiger partial charge in [-0.2, -0.15) is 13.2 Å². The van der Waals surface area contributed by atoms with Gasteiger partial charge in [-0.1, -0.05) is 6.07 Å². The van der Waals surface area contributed by atoms with Crippen LogP contribution in [0.25, 0.3) is 0 Å². The maximum Gasteiger partial charge on any atom is 0.416 e. The van der Waals surface area contributed by atoms with Gasteiger partial charge in [0.25, 0.3) is 0 Å². The number of hydrogen-bond donors (Lipinski definition) is 2. The standard InChI is InChI=1S/C10H11F3N2O/c11-10(12,13)7-2-1-3-8(6-7)15-9(16)4-5-14/h1-3,6H,4-5,14H2,(H,15,16). The van der Waals surface area contributed by atoms with Crippen molar-refractivity contribution in [1.29, 1.82) is 0 Å². The van der Waals surface area contributed by atoms with Crippen molar-refractivity contribution >= 4 is 11.6 Å². The quantitative estimate of drug-likeness (QED) is 0.837. The lowest BCUT2D eigenvalue weighted by Crippen LogP contribution is -2.16. The molecule has 0 bridgehead atoms. The summed E-state index contributed by atoms with van der Waals surface area (Å²) >= 11 is 0. The molecule has 6 heteroatoms. The second kappa shape index (κ2) is 4.98. The number of halogens is 3. The molecule has 1 rings (SSSR count). The number of nitrogens with one attached hydrogen (secondary N) is 1. The highest BCUT2D eigenvalue weighted by molar-refractivity contribution is 5.90. The van der Waals surface area contributed by atoms with E-state index in [0.29, 0.717) is 0 Å². The monoisotopic (exact) mass is 232 g/mol. The largest absolute Gasteiger partial charge is 0.416 e. The molecule has 0 aliphatic heterocycles. The Labute approximate surface area is 90.4 Å². The minimum absolute atomic E-state index is 0.0796. The minimum atomic E-state index is -4.41. The summed E-state index contributed by atoms with van der Waals surface area (Å²) in [5.74, 6) is -0.401. The zero-order chi connectivity index (χ0) is 12.2. The van der Waals surface area contributed by atoms with Gasteiger partial charge in [-0.15, -0.1) is 0 Å². The molecule has 0 heterocycles. The predicted molar refractivity (Wildman–Crippen MR) is 53.7 cm³/mol. The average Bonchev–Trinajstić information content (AvgIpc) is 2.17. The number of benzene rings is 1. The summed E-state index contributed by atoms with van der Waals surface area (Å²) in [7, 11) is 0. The van der Waals surface area contributed by atoms with Gasteiger partial charge in [-0.05, 0) is 18.2 Å². The highest BCUT2D eigenvalue weighted by atomic mass is 19.4. The van der Waals surface area contributed by atoms with Gasteiger partial charge >= 0.3 is 6.18 Å². The van der Waals surface area contributed by atoms with E-state index in [2.05, 4.69) is 5.32 Å². The molecule has 3 N–H and O–H groups in total. The molecule has 3 nitrogen and oxygen atoms in total. The highest BCUT2D eigenvalue weighted by Gasteiger charge is 2.30. The fraction of sp³-hybridized carbons (Fsp3) is 0.300. The second-order valence-corrected chi connectivity index (χ2v) is 3.17. The summed E-state index contributed by atoms with van der Waals surface area (Å²) in [6.45, 7) is 0.158. The van der Waals surface area contributed by atoms with Crippen LogP contribution in [-0.2, 0) is 11.0 Å². The van der Waals surface area contributed by atoms with Crippen LogP contribution < -0.4 is 11.1 Å². The lowest BCUT2D eigenvalue weighted by Gasteiger charge is -2.09. The van der Waals surface area contributed by atoms with Gasteiger partial charge in [0.2, 0.25) is 5.91 Å². The molecule has 0 aliphatic carbocycles. The molecular weight excluding hydrogens is 221 g/mol. The topological polar surface area (TPSA) is 55.1 Å². The summed E-state index contributed by atoms with van der Waals surface area (Å²) in [4.78, 5) is 11.1. The first kappa shape index (κ1) is 12.5. The number of alkyl halides is 3. The van der Waals surface area contributed by atoms with Crippen LogP contribution in [0.5, 0.6) is 0 Å². The zero-order valence-corrected chi connectivity index (χ0v) is 8.34. The Morgan fingerprint density at radius 3 is 2.62 bits per heavy atom. The smallest absolute Gasteiger partial charge is 0.330 e. The van der Waals surface area contributed by atoms with Crippen molar-refractivity contribution in [2.45, 2.75) is 12.6 Å². The van der Waals surface area contributed by atoms with Gasteiger partial charge in [-0.3, -0.25) is 4.79 Å². The number of carbonyl (C=O) groups is 1. The van der Waals surface area contributed by atoms with E-state index in [1.165, 1.54) is 12.1 Å². The van der Waals surface area contributed by atoms with Crippen LogP contribution in [0.2, 0.25) is 0 Å². The normalized spacial score (nSPS) is 11.2. The van der Waals surface area contributed by atoms with Crippen LogP contribution in [-0.4, -0.2) is 12.5 Å². The summed E-state index contributed by atoms with van der Waals surface area (Å²) in [6.07, 6.45) is -4.33. The van der Waals surface area contributed by atoms with E-state index in [1.807, 2.05) is 0 Å². The van der Waals surface area contributed by atoms with E-state index in [1.54, 1.807) is 0 Å². The third-order valence-corrected chi connectivity index (χ3v) is 1.85. The van der Waals surface area contributed by atoms with Crippen LogP contribution in [0, 0.1) is 0 Å². The molecule has 0 saturated carbocycles. The maximum absolute atomic E-state index is 12.3. The Hall–Kier alpha value is -1.56. The van der Waals surface area contributed by atoms with Crippen molar-refractivity contribution < 1.29 is 18.0 Å². The molecule has 0 atom stereocenters. The van der Waals surface area contributed by atoms with Gasteiger partial charge in [0.05, 0.1) is 5.56 Å². The Bertz CT molecular complexity index is 377. The molecule has 1 amide bonds. The lowest BCUT2D eigenvalue weighted by atomic mass is 10.2. The second-order valence-electron chi connectivity index (χ2n) is 3.17. The maximum atomic E-state index is 12.3. The van der Waals surface area contributed by atoms with Crippen LogP contribution in [0.3, 0.4) is 0 Å². The first-order valence-corrected chi connectivity index (χ1v) is 4.60. The number of anilines is 1. The van der Waals surface area contributed by atoms with E-state index < -0.39 is 17.6 Å². The predicted octanol–water partition coefficient (Wildman–Crippen LogP) is 1.99. The molecule has 1 aromatic rings. The number of nitrogens with two attached hydrogens (primary N) is 1. The number of amides is 1. The Morgan fingerprint density at radius 1 is 1.38 bits per heavy atom. The van der Waals surface area contributed by atoms with Crippen molar-refractivity contribution in [2.75, 3.05) is 11.9 Å². The first-order chi connectivity index (χ1) is 7.43. The SMILES string of the molecule is NCCC(=O)Nc1cccc(C(F)(F)F)c1. The van der Waals surface area contributed by atoms with Crippen LogP contribution in [0.4, 0.5) is 18.9 Å². The summed E-state index contributed by atoms with van der Waals surface area (Å²) in [6, 6.07) is 4.46. The Morgan fingerprint density at radius 2 is 2.06 bits per heavy atom. The lowest BCUT2D eigenvalue weighted by molar-refractivity contribution is -0.137. The molecule has 88 valence electrons. The van der Waals surface area contributed by atoms with Crippen molar-refractivity contribution in [3.63, 3.8) is 0 Å². The molecule has 16 heavy (non-hydrogen) atoms. The molecule has 0 spiro atoms. The van der Waals surface area contributed by atoms with E-state index >= 15 is 0 Å². The van der Waals surface area contributed by atoms with Crippen LogP contribution >= 0.6 is 0 Å². The fourth-order valence-corrected chi connectivity index (χ4v) is 1.13. The van der Waals surface area contributed by atoms with E-state index in [-0.39, 0.29) is 18.7 Å². The molecule has 0 aromatic heterocycles. The van der Waals surface area contributed by atoms with Crippen molar-refractivity contribution in [3.05, 3.63) is 29.8 Å². The number of rotatable bonds is 3. The first-order valence-electron chi connectivity index (χ1n) is 4.60. The average molecular weight is 232 g/mol. The Balaban J connectivity index is 2.79. The van der Waals surface area contributed by atoms with Gasteiger partial charge in [0, 0.05) is 18.7 Å². The molecule has 0 radical (unpaired) electrons.